The Morgan fingerprint density at radius 3 is 3.12 bits per heavy atom. The molecule has 90 valence electrons. The minimum Gasteiger partial charge on any atom is -0.305 e. The van der Waals surface area contributed by atoms with E-state index in [0.717, 1.165) is 6.54 Å². The zero-order valence-corrected chi connectivity index (χ0v) is 11.5. The highest BCUT2D eigenvalue weighted by Gasteiger charge is 2.22. The maximum Gasteiger partial charge on any atom is 0.115 e. The second-order valence-electron chi connectivity index (χ2n) is 4.32. The summed E-state index contributed by atoms with van der Waals surface area (Å²) in [6.45, 7) is 3.13. The third kappa shape index (κ3) is 2.17. The molecule has 2 aromatic rings. The van der Waals surface area contributed by atoms with Crippen LogP contribution in [0, 0.1) is 0 Å². The van der Waals surface area contributed by atoms with Gasteiger partial charge in [0.2, 0.25) is 0 Å². The number of thiophene rings is 1. The third-order valence-corrected chi connectivity index (χ3v) is 5.07. The molecule has 17 heavy (non-hydrogen) atoms. The first-order valence-electron chi connectivity index (χ1n) is 6.12. The van der Waals surface area contributed by atoms with Crippen LogP contribution >= 0.6 is 22.7 Å². The van der Waals surface area contributed by atoms with Crippen LogP contribution < -0.4 is 5.32 Å². The van der Waals surface area contributed by atoms with Gasteiger partial charge in [0.05, 0.1) is 11.7 Å². The highest BCUT2D eigenvalue weighted by atomic mass is 32.1. The molecule has 0 radical (unpaired) electrons. The zero-order valence-electron chi connectivity index (χ0n) is 9.90. The third-order valence-electron chi connectivity index (χ3n) is 3.14. The lowest BCUT2D eigenvalue weighted by molar-refractivity contribution is 0.627. The van der Waals surface area contributed by atoms with Gasteiger partial charge in [-0.3, -0.25) is 0 Å². The second kappa shape index (κ2) is 4.88. The van der Waals surface area contributed by atoms with Crippen molar-refractivity contribution in [1.82, 2.24) is 10.3 Å². The van der Waals surface area contributed by atoms with Crippen LogP contribution in [0.5, 0.6) is 0 Å². The lowest BCUT2D eigenvalue weighted by Crippen LogP contribution is -2.21. The van der Waals surface area contributed by atoms with Crippen LogP contribution in [0.3, 0.4) is 0 Å². The Hall–Kier alpha value is -0.710. The molecule has 2 heterocycles. The molecule has 1 aliphatic rings. The molecule has 2 aromatic heterocycles. The molecular weight excluding hydrogens is 248 g/mol. The highest BCUT2D eigenvalue weighted by molar-refractivity contribution is 7.12. The first kappa shape index (κ1) is 11.4. The van der Waals surface area contributed by atoms with E-state index in [2.05, 4.69) is 29.1 Å². The van der Waals surface area contributed by atoms with Crippen LogP contribution in [0.1, 0.15) is 40.5 Å². The summed E-state index contributed by atoms with van der Waals surface area (Å²) in [6.07, 6.45) is 3.70. The molecule has 0 aromatic carbocycles. The average Bonchev–Trinajstić information content (AvgIpc) is 3.01. The summed E-state index contributed by atoms with van der Waals surface area (Å²) in [5.41, 5.74) is 2.70. The van der Waals surface area contributed by atoms with E-state index in [9.17, 15) is 0 Å². The predicted octanol–water partition coefficient (Wildman–Crippen LogP) is 3.39. The smallest absolute Gasteiger partial charge is 0.115 e. The molecule has 0 fully saturated rings. The number of nitrogens with zero attached hydrogens (tertiary/aromatic N) is 1. The van der Waals surface area contributed by atoms with Crippen molar-refractivity contribution in [3.63, 3.8) is 0 Å². The largest absolute Gasteiger partial charge is 0.305 e. The normalized spacial score (nSPS) is 16.1. The summed E-state index contributed by atoms with van der Waals surface area (Å²) in [7, 11) is 0. The summed E-state index contributed by atoms with van der Waals surface area (Å²) >= 11 is 3.66. The van der Waals surface area contributed by atoms with E-state index in [1.165, 1.54) is 40.4 Å². The predicted molar refractivity (Wildman–Crippen MR) is 74.0 cm³/mol. The van der Waals surface area contributed by atoms with Gasteiger partial charge >= 0.3 is 0 Å². The molecule has 0 bridgehead atoms. The molecule has 4 heteroatoms. The van der Waals surface area contributed by atoms with Crippen molar-refractivity contribution in [2.24, 2.45) is 0 Å². The fourth-order valence-electron chi connectivity index (χ4n) is 2.32. The number of fused-ring (bicyclic) bond motifs is 1. The van der Waals surface area contributed by atoms with E-state index in [4.69, 9.17) is 4.98 Å². The minimum atomic E-state index is 0.293. The Labute approximate surface area is 110 Å². The highest BCUT2D eigenvalue weighted by Crippen LogP contribution is 2.33. The topological polar surface area (TPSA) is 24.9 Å². The molecule has 1 unspecified atom stereocenters. The van der Waals surface area contributed by atoms with Crippen molar-refractivity contribution in [2.45, 2.75) is 32.2 Å². The van der Waals surface area contributed by atoms with Crippen molar-refractivity contribution < 1.29 is 0 Å². The lowest BCUT2D eigenvalue weighted by Gasteiger charge is -2.13. The van der Waals surface area contributed by atoms with E-state index < -0.39 is 0 Å². The monoisotopic (exact) mass is 264 g/mol. The Balaban J connectivity index is 1.92. The molecule has 1 aliphatic carbocycles. The van der Waals surface area contributed by atoms with Gasteiger partial charge in [-0.15, -0.1) is 11.3 Å². The van der Waals surface area contributed by atoms with E-state index in [0.29, 0.717) is 6.04 Å². The fourth-order valence-corrected chi connectivity index (χ4v) is 4.27. The van der Waals surface area contributed by atoms with Crippen molar-refractivity contribution in [3.8, 4) is 0 Å². The van der Waals surface area contributed by atoms with Gasteiger partial charge < -0.3 is 5.32 Å². The van der Waals surface area contributed by atoms with Gasteiger partial charge in [0, 0.05) is 4.88 Å². The first-order valence-corrected chi connectivity index (χ1v) is 7.88. The fraction of sp³-hybridized carbons (Fsp3) is 0.462. The number of hydrogen-bond donors (Lipinski definition) is 1. The summed E-state index contributed by atoms with van der Waals surface area (Å²) < 4.78 is 0. The molecule has 2 nitrogen and oxygen atoms in total. The van der Waals surface area contributed by atoms with E-state index in [1.807, 2.05) is 11.3 Å². The van der Waals surface area contributed by atoms with Gasteiger partial charge in [0.1, 0.15) is 5.01 Å². The summed E-state index contributed by atoms with van der Waals surface area (Å²) in [6, 6.07) is 2.49. The van der Waals surface area contributed by atoms with Crippen LogP contribution in [0.2, 0.25) is 0 Å². The van der Waals surface area contributed by atoms with Crippen LogP contribution in [0.4, 0.5) is 0 Å². The molecule has 0 saturated carbocycles. The molecule has 0 aliphatic heterocycles. The molecule has 3 rings (SSSR count). The van der Waals surface area contributed by atoms with E-state index in [-0.39, 0.29) is 0 Å². The van der Waals surface area contributed by atoms with Crippen LogP contribution in [-0.2, 0) is 12.8 Å². The number of thiazole rings is 1. The van der Waals surface area contributed by atoms with Crippen LogP contribution in [0.25, 0.3) is 0 Å². The van der Waals surface area contributed by atoms with Crippen molar-refractivity contribution in [3.05, 3.63) is 38.0 Å². The molecular formula is C13H16N2S2. The lowest BCUT2D eigenvalue weighted by atomic mass is 10.1. The number of aromatic nitrogens is 1. The Kier molecular flexibility index (Phi) is 3.27. The summed E-state index contributed by atoms with van der Waals surface area (Å²) in [5, 5.41) is 9.15. The molecule has 0 amide bonds. The number of hydrogen-bond acceptors (Lipinski definition) is 4. The first-order chi connectivity index (χ1) is 8.38. The zero-order chi connectivity index (χ0) is 11.7. The van der Waals surface area contributed by atoms with Gasteiger partial charge in [-0.2, -0.15) is 11.3 Å². The van der Waals surface area contributed by atoms with Gasteiger partial charge in [-0.25, -0.2) is 4.98 Å². The number of aryl methyl sites for hydroxylation is 2. The van der Waals surface area contributed by atoms with E-state index >= 15 is 0 Å². The number of rotatable bonds is 4. The average molecular weight is 264 g/mol. The van der Waals surface area contributed by atoms with Crippen LogP contribution in [-0.4, -0.2) is 11.5 Å². The Morgan fingerprint density at radius 1 is 1.47 bits per heavy atom. The van der Waals surface area contributed by atoms with Gasteiger partial charge in [0.15, 0.2) is 0 Å². The maximum atomic E-state index is 4.83. The second-order valence-corrected chi connectivity index (χ2v) is 6.22. The van der Waals surface area contributed by atoms with Gasteiger partial charge in [-0.1, -0.05) is 6.92 Å². The summed E-state index contributed by atoms with van der Waals surface area (Å²) in [5.74, 6) is 0. The molecule has 1 atom stereocenters. The number of nitrogens with one attached hydrogen (secondary N) is 1. The van der Waals surface area contributed by atoms with Gasteiger partial charge in [-0.05, 0) is 48.2 Å². The van der Waals surface area contributed by atoms with Crippen molar-refractivity contribution in [1.29, 1.82) is 0 Å². The maximum absolute atomic E-state index is 4.83. The molecule has 0 saturated heterocycles. The minimum absolute atomic E-state index is 0.293. The van der Waals surface area contributed by atoms with Crippen molar-refractivity contribution in [2.75, 3.05) is 6.54 Å². The van der Waals surface area contributed by atoms with Crippen LogP contribution in [0.15, 0.2) is 16.8 Å². The van der Waals surface area contributed by atoms with Crippen molar-refractivity contribution >= 4 is 22.7 Å². The van der Waals surface area contributed by atoms with Gasteiger partial charge in [0.25, 0.3) is 0 Å². The Bertz CT molecular complexity index is 466. The summed E-state index contributed by atoms with van der Waals surface area (Å²) in [4.78, 5) is 6.34. The van der Waals surface area contributed by atoms with E-state index in [1.54, 1.807) is 11.3 Å². The standard InChI is InChI=1S/C13H16N2S2/c1-2-14-12(9-6-7-16-8-9)13-15-10-4-3-5-11(10)17-13/h6-8,12,14H,2-5H2,1H3. The molecule has 1 N–H and O–H groups in total. The molecule has 0 spiro atoms. The Morgan fingerprint density at radius 2 is 2.41 bits per heavy atom. The SMILES string of the molecule is CCNC(c1ccsc1)c1nc2c(s1)CCC2. The quantitative estimate of drug-likeness (QED) is 0.915.